The number of aromatic nitrogens is 2. The lowest BCUT2D eigenvalue weighted by Gasteiger charge is -2.05. The Morgan fingerprint density at radius 1 is 1.59 bits per heavy atom. The fourth-order valence-corrected chi connectivity index (χ4v) is 2.15. The van der Waals surface area contributed by atoms with Crippen molar-refractivity contribution in [1.29, 1.82) is 0 Å². The van der Waals surface area contributed by atoms with Gasteiger partial charge in [0.15, 0.2) is 4.88 Å². The van der Waals surface area contributed by atoms with E-state index in [2.05, 4.69) is 5.10 Å². The summed E-state index contributed by atoms with van der Waals surface area (Å²) >= 11 is 1.17. The minimum atomic E-state index is -0.949. The molecule has 17 heavy (non-hydrogen) atoms. The Morgan fingerprint density at radius 2 is 2.41 bits per heavy atom. The summed E-state index contributed by atoms with van der Waals surface area (Å²) in [5.74, 6) is -0.514. The van der Waals surface area contributed by atoms with E-state index < -0.39 is 5.97 Å². The van der Waals surface area contributed by atoms with E-state index in [9.17, 15) is 4.79 Å². The summed E-state index contributed by atoms with van der Waals surface area (Å²) < 4.78 is 7.23. The second kappa shape index (κ2) is 5.01. The Hall–Kier alpha value is -1.82. The van der Waals surface area contributed by atoms with Crippen LogP contribution in [0.2, 0.25) is 0 Å². The maximum Gasteiger partial charge on any atom is 0.349 e. The van der Waals surface area contributed by atoms with Crippen molar-refractivity contribution in [3.05, 3.63) is 34.3 Å². The molecule has 1 N–H and O–H groups in total. The highest BCUT2D eigenvalue weighted by Gasteiger charge is 2.12. The molecule has 2 aromatic rings. The number of ether oxygens (including phenoxy) is 1. The van der Waals surface area contributed by atoms with Crippen LogP contribution in [0, 0.1) is 0 Å². The van der Waals surface area contributed by atoms with Crippen LogP contribution in [-0.4, -0.2) is 27.5 Å². The van der Waals surface area contributed by atoms with Crippen LogP contribution in [0.5, 0.6) is 5.75 Å². The Labute approximate surface area is 102 Å². The average molecular weight is 252 g/mol. The van der Waals surface area contributed by atoms with E-state index in [0.717, 1.165) is 5.69 Å². The zero-order chi connectivity index (χ0) is 12.3. The maximum atomic E-state index is 10.8. The lowest BCUT2D eigenvalue weighted by molar-refractivity contribution is 0.0698. The number of rotatable bonds is 5. The summed E-state index contributed by atoms with van der Waals surface area (Å²) in [6.07, 6.45) is 2.42. The Morgan fingerprint density at radius 3 is 3.06 bits per heavy atom. The van der Waals surface area contributed by atoms with E-state index in [1.165, 1.54) is 11.3 Å². The Kier molecular flexibility index (Phi) is 3.43. The lowest BCUT2D eigenvalue weighted by atomic mass is 10.3. The summed E-state index contributed by atoms with van der Waals surface area (Å²) in [6.45, 7) is 0.441. The molecule has 0 radical (unpaired) electrons. The second-order valence-electron chi connectivity index (χ2n) is 3.46. The second-order valence-corrected chi connectivity index (χ2v) is 4.38. The summed E-state index contributed by atoms with van der Waals surface area (Å²) in [6, 6.07) is 3.59. The van der Waals surface area contributed by atoms with E-state index in [4.69, 9.17) is 9.84 Å². The monoisotopic (exact) mass is 252 g/mol. The van der Waals surface area contributed by atoms with E-state index in [1.807, 2.05) is 13.1 Å². The molecule has 5 nitrogen and oxygen atoms in total. The number of carbonyl (C=O) groups is 1. The van der Waals surface area contributed by atoms with Crippen LogP contribution in [0.1, 0.15) is 15.4 Å². The van der Waals surface area contributed by atoms with Crippen molar-refractivity contribution in [1.82, 2.24) is 9.78 Å². The number of carboxylic acids is 1. The highest BCUT2D eigenvalue weighted by molar-refractivity contribution is 7.12. The lowest BCUT2D eigenvalue weighted by Crippen LogP contribution is -2.07. The van der Waals surface area contributed by atoms with Crippen LogP contribution in [0.3, 0.4) is 0 Å². The van der Waals surface area contributed by atoms with Crippen LogP contribution < -0.4 is 4.74 Å². The molecule has 6 heteroatoms. The topological polar surface area (TPSA) is 64.4 Å². The molecule has 0 atom stereocenters. The third-order valence-electron chi connectivity index (χ3n) is 2.36. The number of aryl methyl sites for hydroxylation is 1. The largest absolute Gasteiger partial charge is 0.491 e. The van der Waals surface area contributed by atoms with Crippen molar-refractivity contribution in [2.75, 3.05) is 6.61 Å². The predicted molar refractivity (Wildman–Crippen MR) is 63.7 cm³/mol. The Bertz CT molecular complexity index is 518. The van der Waals surface area contributed by atoms with Crippen LogP contribution in [-0.2, 0) is 13.5 Å². The van der Waals surface area contributed by atoms with Gasteiger partial charge in [0.1, 0.15) is 5.75 Å². The third kappa shape index (κ3) is 2.65. The molecule has 0 saturated carbocycles. The molecule has 0 amide bonds. The molecule has 0 aromatic carbocycles. The fraction of sp³-hybridized carbons (Fsp3) is 0.273. The molecule has 0 saturated heterocycles. The smallest absolute Gasteiger partial charge is 0.349 e. The molecule has 0 unspecified atom stereocenters. The molecule has 2 heterocycles. The summed E-state index contributed by atoms with van der Waals surface area (Å²) in [4.78, 5) is 11.1. The van der Waals surface area contributed by atoms with Crippen molar-refractivity contribution in [2.45, 2.75) is 6.42 Å². The van der Waals surface area contributed by atoms with Gasteiger partial charge in [-0.2, -0.15) is 5.10 Å². The van der Waals surface area contributed by atoms with Gasteiger partial charge < -0.3 is 9.84 Å². The molecule has 0 fully saturated rings. The molecule has 0 bridgehead atoms. The van der Waals surface area contributed by atoms with Gasteiger partial charge in [0.05, 0.1) is 6.61 Å². The molecular formula is C11H12N2O3S. The number of aromatic carboxylic acids is 1. The first-order valence-electron chi connectivity index (χ1n) is 5.09. The molecule has 0 aliphatic rings. The van der Waals surface area contributed by atoms with Gasteiger partial charge in [-0.3, -0.25) is 4.68 Å². The Balaban J connectivity index is 1.92. The number of nitrogens with zero attached hydrogens (tertiary/aromatic N) is 2. The standard InChI is InChI=1S/C11H12N2O3S/c1-13-8(2-5-12-13)3-6-16-9-4-7-17-10(9)11(14)15/h2,4-5,7H,3,6H2,1H3,(H,14,15). The summed E-state index contributed by atoms with van der Waals surface area (Å²) in [5, 5.41) is 14.7. The molecule has 0 aliphatic heterocycles. The van der Waals surface area contributed by atoms with Gasteiger partial charge in [-0.05, 0) is 17.5 Å². The van der Waals surface area contributed by atoms with Gasteiger partial charge in [-0.25, -0.2) is 4.79 Å². The number of hydrogen-bond acceptors (Lipinski definition) is 4. The van der Waals surface area contributed by atoms with Gasteiger partial charge in [0.25, 0.3) is 0 Å². The van der Waals surface area contributed by atoms with Gasteiger partial charge >= 0.3 is 5.97 Å². The minimum absolute atomic E-state index is 0.245. The van der Waals surface area contributed by atoms with E-state index in [0.29, 0.717) is 18.8 Å². The zero-order valence-corrected chi connectivity index (χ0v) is 10.1. The van der Waals surface area contributed by atoms with E-state index in [-0.39, 0.29) is 4.88 Å². The van der Waals surface area contributed by atoms with Crippen LogP contribution >= 0.6 is 11.3 Å². The van der Waals surface area contributed by atoms with Crippen molar-refractivity contribution in [3.8, 4) is 5.75 Å². The molecule has 0 spiro atoms. The van der Waals surface area contributed by atoms with Crippen molar-refractivity contribution in [2.24, 2.45) is 7.05 Å². The number of hydrogen-bond donors (Lipinski definition) is 1. The first kappa shape index (κ1) is 11.7. The predicted octanol–water partition coefficient (Wildman–Crippen LogP) is 1.80. The molecular weight excluding hydrogens is 240 g/mol. The number of thiophene rings is 1. The SMILES string of the molecule is Cn1nccc1CCOc1ccsc1C(=O)O. The quantitative estimate of drug-likeness (QED) is 0.881. The summed E-state index contributed by atoms with van der Waals surface area (Å²) in [7, 11) is 1.86. The fourth-order valence-electron chi connectivity index (χ4n) is 1.48. The number of carboxylic acid groups (broad SMARTS) is 1. The normalized spacial score (nSPS) is 10.4. The average Bonchev–Trinajstić information content (AvgIpc) is 2.88. The highest BCUT2D eigenvalue weighted by Crippen LogP contribution is 2.24. The molecule has 2 rings (SSSR count). The van der Waals surface area contributed by atoms with Crippen molar-refractivity contribution < 1.29 is 14.6 Å². The van der Waals surface area contributed by atoms with Gasteiger partial charge in [-0.15, -0.1) is 11.3 Å². The van der Waals surface area contributed by atoms with Crippen LogP contribution in [0.15, 0.2) is 23.7 Å². The van der Waals surface area contributed by atoms with Crippen LogP contribution in [0.4, 0.5) is 0 Å². The minimum Gasteiger partial charge on any atom is -0.491 e. The molecule has 2 aromatic heterocycles. The first-order chi connectivity index (χ1) is 8.18. The first-order valence-corrected chi connectivity index (χ1v) is 5.97. The van der Waals surface area contributed by atoms with Crippen LogP contribution in [0.25, 0.3) is 0 Å². The van der Waals surface area contributed by atoms with Gasteiger partial charge in [0, 0.05) is 25.4 Å². The van der Waals surface area contributed by atoms with E-state index in [1.54, 1.807) is 22.3 Å². The molecule has 90 valence electrons. The molecule has 0 aliphatic carbocycles. The third-order valence-corrected chi connectivity index (χ3v) is 3.25. The van der Waals surface area contributed by atoms with Gasteiger partial charge in [-0.1, -0.05) is 0 Å². The summed E-state index contributed by atoms with van der Waals surface area (Å²) in [5.41, 5.74) is 1.05. The zero-order valence-electron chi connectivity index (χ0n) is 9.29. The van der Waals surface area contributed by atoms with Gasteiger partial charge in [0.2, 0.25) is 0 Å². The highest BCUT2D eigenvalue weighted by atomic mass is 32.1. The van der Waals surface area contributed by atoms with Crippen molar-refractivity contribution in [3.63, 3.8) is 0 Å². The van der Waals surface area contributed by atoms with Crippen molar-refractivity contribution >= 4 is 17.3 Å². The van der Waals surface area contributed by atoms with E-state index >= 15 is 0 Å². The maximum absolute atomic E-state index is 10.8.